The van der Waals surface area contributed by atoms with Crippen LogP contribution in [0.15, 0.2) is 23.1 Å². The molecule has 17 heavy (non-hydrogen) atoms. The van der Waals surface area contributed by atoms with Gasteiger partial charge in [-0.15, -0.1) is 11.8 Å². The van der Waals surface area contributed by atoms with Crippen molar-refractivity contribution >= 4 is 17.7 Å². The van der Waals surface area contributed by atoms with Crippen molar-refractivity contribution < 1.29 is 14.3 Å². The summed E-state index contributed by atoms with van der Waals surface area (Å²) < 4.78 is 13.4. The summed E-state index contributed by atoms with van der Waals surface area (Å²) >= 11 is 1.47. The lowest BCUT2D eigenvalue weighted by Gasteiger charge is -2.10. The Morgan fingerprint density at radius 1 is 1.41 bits per heavy atom. The van der Waals surface area contributed by atoms with Crippen molar-refractivity contribution in [3.63, 3.8) is 0 Å². The molecule has 2 nitrogen and oxygen atoms in total. The van der Waals surface area contributed by atoms with Gasteiger partial charge in [-0.3, -0.25) is 0 Å². The molecule has 1 aliphatic rings. The molecule has 0 amide bonds. The Bertz CT molecular complexity index is 414. The molecule has 0 heterocycles. The quantitative estimate of drug-likeness (QED) is 0.830. The molecule has 0 saturated heterocycles. The summed E-state index contributed by atoms with van der Waals surface area (Å²) in [6.07, 6.45) is 4.95. The smallest absolute Gasteiger partial charge is 0.339 e. The molecule has 1 saturated carbocycles. The van der Waals surface area contributed by atoms with E-state index in [0.717, 1.165) is 5.75 Å². The molecule has 1 aromatic rings. The monoisotopic (exact) mass is 254 g/mol. The molecule has 1 aromatic carbocycles. The minimum Gasteiger partial charge on any atom is -0.478 e. The summed E-state index contributed by atoms with van der Waals surface area (Å²) in [6.45, 7) is 0. The summed E-state index contributed by atoms with van der Waals surface area (Å²) in [5.41, 5.74) is -0.185. The van der Waals surface area contributed by atoms with Crippen LogP contribution in [0.4, 0.5) is 4.39 Å². The van der Waals surface area contributed by atoms with Crippen molar-refractivity contribution in [2.24, 2.45) is 5.92 Å². The van der Waals surface area contributed by atoms with Crippen molar-refractivity contribution in [2.75, 3.05) is 5.75 Å². The second-order valence-electron chi connectivity index (χ2n) is 4.38. The van der Waals surface area contributed by atoms with Gasteiger partial charge in [0, 0.05) is 10.6 Å². The lowest BCUT2D eigenvalue weighted by Crippen LogP contribution is -2.04. The van der Waals surface area contributed by atoms with Crippen LogP contribution in [0.3, 0.4) is 0 Å². The summed E-state index contributed by atoms with van der Waals surface area (Å²) in [5, 5.41) is 8.99. The Morgan fingerprint density at radius 2 is 2.12 bits per heavy atom. The minimum atomic E-state index is -1.18. The van der Waals surface area contributed by atoms with Gasteiger partial charge in [-0.2, -0.15) is 0 Å². The number of rotatable bonds is 4. The zero-order valence-electron chi connectivity index (χ0n) is 9.49. The number of benzene rings is 1. The molecule has 0 unspecified atom stereocenters. The van der Waals surface area contributed by atoms with E-state index in [0.29, 0.717) is 10.8 Å². The lowest BCUT2D eigenvalue weighted by molar-refractivity contribution is 0.0688. The van der Waals surface area contributed by atoms with Crippen LogP contribution in [0, 0.1) is 11.7 Å². The second kappa shape index (κ2) is 5.54. The van der Waals surface area contributed by atoms with E-state index in [2.05, 4.69) is 0 Å². The first-order valence-corrected chi connectivity index (χ1v) is 6.81. The van der Waals surface area contributed by atoms with Crippen molar-refractivity contribution in [1.29, 1.82) is 0 Å². The van der Waals surface area contributed by atoms with Gasteiger partial charge >= 0.3 is 5.97 Å². The van der Waals surface area contributed by atoms with Gasteiger partial charge in [0.15, 0.2) is 0 Å². The van der Waals surface area contributed by atoms with Crippen LogP contribution in [-0.2, 0) is 0 Å². The maximum absolute atomic E-state index is 13.4. The van der Waals surface area contributed by atoms with Crippen LogP contribution < -0.4 is 0 Å². The van der Waals surface area contributed by atoms with E-state index in [-0.39, 0.29) is 5.56 Å². The zero-order chi connectivity index (χ0) is 12.3. The number of carboxylic acids is 1. The van der Waals surface area contributed by atoms with Crippen molar-refractivity contribution in [3.8, 4) is 0 Å². The molecule has 4 heteroatoms. The predicted molar refractivity (Wildman–Crippen MR) is 66.0 cm³/mol. The highest BCUT2D eigenvalue weighted by Crippen LogP contribution is 2.32. The molecule has 1 fully saturated rings. The highest BCUT2D eigenvalue weighted by molar-refractivity contribution is 7.99. The molecule has 92 valence electrons. The first-order chi connectivity index (χ1) is 8.18. The number of hydrogen-bond acceptors (Lipinski definition) is 2. The van der Waals surface area contributed by atoms with Crippen LogP contribution in [0.5, 0.6) is 0 Å². The summed E-state index contributed by atoms with van der Waals surface area (Å²) in [4.78, 5) is 11.5. The molecule has 1 aliphatic carbocycles. The Labute approximate surface area is 104 Å². The molecular formula is C13H15FO2S. The summed E-state index contributed by atoms with van der Waals surface area (Å²) in [6, 6.07) is 4.45. The Morgan fingerprint density at radius 3 is 2.76 bits per heavy atom. The summed E-state index contributed by atoms with van der Waals surface area (Å²) in [7, 11) is 0. The Hall–Kier alpha value is -1.03. The van der Waals surface area contributed by atoms with Gasteiger partial charge < -0.3 is 5.11 Å². The molecular weight excluding hydrogens is 239 g/mol. The van der Waals surface area contributed by atoms with E-state index >= 15 is 0 Å². The molecule has 0 aliphatic heterocycles. The van der Waals surface area contributed by atoms with E-state index in [1.54, 1.807) is 12.1 Å². The topological polar surface area (TPSA) is 37.3 Å². The molecule has 0 spiro atoms. The van der Waals surface area contributed by atoms with Crippen molar-refractivity contribution in [2.45, 2.75) is 30.6 Å². The number of aromatic carboxylic acids is 1. The van der Waals surface area contributed by atoms with E-state index in [9.17, 15) is 9.18 Å². The van der Waals surface area contributed by atoms with Crippen LogP contribution in [0.2, 0.25) is 0 Å². The van der Waals surface area contributed by atoms with E-state index in [1.807, 2.05) is 0 Å². The maximum atomic E-state index is 13.4. The van der Waals surface area contributed by atoms with Crippen molar-refractivity contribution in [1.82, 2.24) is 0 Å². The van der Waals surface area contributed by atoms with Gasteiger partial charge in [-0.05, 0) is 30.9 Å². The van der Waals surface area contributed by atoms with Crippen LogP contribution in [-0.4, -0.2) is 16.8 Å². The van der Waals surface area contributed by atoms with Crippen molar-refractivity contribution in [3.05, 3.63) is 29.6 Å². The molecule has 0 atom stereocenters. The van der Waals surface area contributed by atoms with Gasteiger partial charge in [0.2, 0.25) is 0 Å². The third-order valence-corrected chi connectivity index (χ3v) is 4.43. The SMILES string of the molecule is O=C(O)c1c(F)cccc1SCC1CCCC1. The standard InChI is InChI=1S/C13H15FO2S/c14-10-6-3-7-11(12(10)13(15)16)17-8-9-4-1-2-5-9/h3,6-7,9H,1-2,4-5,8H2,(H,15,16). The number of carbonyl (C=O) groups is 1. The fourth-order valence-electron chi connectivity index (χ4n) is 2.22. The first kappa shape index (κ1) is 12.4. The normalized spacial score (nSPS) is 16.3. The average Bonchev–Trinajstić information content (AvgIpc) is 2.78. The Kier molecular flexibility index (Phi) is 4.05. The zero-order valence-corrected chi connectivity index (χ0v) is 10.3. The predicted octanol–water partition coefficient (Wildman–Crippen LogP) is 3.81. The number of carboxylic acid groups (broad SMARTS) is 1. The number of halogens is 1. The fourth-order valence-corrected chi connectivity index (χ4v) is 3.47. The van der Waals surface area contributed by atoms with Crippen LogP contribution in [0.25, 0.3) is 0 Å². The maximum Gasteiger partial charge on any atom is 0.339 e. The molecule has 1 N–H and O–H groups in total. The highest BCUT2D eigenvalue weighted by Gasteiger charge is 2.19. The van der Waals surface area contributed by atoms with E-state index in [4.69, 9.17) is 5.11 Å². The number of thioether (sulfide) groups is 1. The summed E-state index contributed by atoms with van der Waals surface area (Å²) in [5.74, 6) is -0.278. The minimum absolute atomic E-state index is 0.185. The second-order valence-corrected chi connectivity index (χ2v) is 5.44. The van der Waals surface area contributed by atoms with Gasteiger partial charge in [-0.25, -0.2) is 9.18 Å². The molecule has 2 rings (SSSR count). The fraction of sp³-hybridized carbons (Fsp3) is 0.462. The molecule has 0 radical (unpaired) electrons. The van der Waals surface area contributed by atoms with Gasteiger partial charge in [0.05, 0.1) is 0 Å². The Balaban J connectivity index is 2.09. The lowest BCUT2D eigenvalue weighted by atomic mass is 10.1. The van der Waals surface area contributed by atoms with Gasteiger partial charge in [-0.1, -0.05) is 18.9 Å². The first-order valence-electron chi connectivity index (χ1n) is 5.83. The number of hydrogen-bond donors (Lipinski definition) is 1. The van der Waals surface area contributed by atoms with Crippen LogP contribution in [0.1, 0.15) is 36.0 Å². The third kappa shape index (κ3) is 3.00. The third-order valence-electron chi connectivity index (χ3n) is 3.14. The molecule has 0 aromatic heterocycles. The highest BCUT2D eigenvalue weighted by atomic mass is 32.2. The average molecular weight is 254 g/mol. The van der Waals surface area contributed by atoms with E-state index < -0.39 is 11.8 Å². The van der Waals surface area contributed by atoms with E-state index in [1.165, 1.54) is 43.5 Å². The molecule has 0 bridgehead atoms. The van der Waals surface area contributed by atoms with Crippen LogP contribution >= 0.6 is 11.8 Å². The largest absolute Gasteiger partial charge is 0.478 e. The van der Waals surface area contributed by atoms with Gasteiger partial charge in [0.25, 0.3) is 0 Å². The van der Waals surface area contributed by atoms with Gasteiger partial charge in [0.1, 0.15) is 11.4 Å².